The Morgan fingerprint density at radius 1 is 1.44 bits per heavy atom. The first-order valence-electron chi connectivity index (χ1n) is 6.06. The maximum absolute atomic E-state index is 6.14. The second kappa shape index (κ2) is 6.62. The summed E-state index contributed by atoms with van der Waals surface area (Å²) in [6, 6.07) is 3.90. The highest BCUT2D eigenvalue weighted by Crippen LogP contribution is 2.39. The molecule has 0 saturated heterocycles. The van der Waals surface area contributed by atoms with Gasteiger partial charge in [0.2, 0.25) is 0 Å². The summed E-state index contributed by atoms with van der Waals surface area (Å²) in [5.74, 6) is 0.761. The first-order valence-corrected chi connectivity index (χ1v) is 6.82. The Morgan fingerprint density at radius 3 is 3.06 bits per heavy atom. The van der Waals surface area contributed by atoms with E-state index in [-0.39, 0.29) is 6.04 Å². The summed E-state index contributed by atoms with van der Waals surface area (Å²) in [6.07, 6.45) is 1.91. The highest BCUT2D eigenvalue weighted by molar-refractivity contribution is 6.35. The second-order valence-electron chi connectivity index (χ2n) is 4.30. The number of halogens is 2. The quantitative estimate of drug-likeness (QED) is 0.843. The van der Waals surface area contributed by atoms with E-state index in [9.17, 15) is 0 Å². The van der Waals surface area contributed by atoms with Crippen LogP contribution < -0.4 is 10.1 Å². The molecule has 1 aliphatic heterocycles. The summed E-state index contributed by atoms with van der Waals surface area (Å²) in [7, 11) is 1.71. The van der Waals surface area contributed by atoms with E-state index in [1.165, 1.54) is 0 Å². The van der Waals surface area contributed by atoms with Crippen LogP contribution in [0.3, 0.4) is 0 Å². The van der Waals surface area contributed by atoms with Gasteiger partial charge in [-0.15, -0.1) is 0 Å². The molecule has 0 aliphatic carbocycles. The van der Waals surface area contributed by atoms with Crippen LogP contribution >= 0.6 is 23.2 Å². The van der Waals surface area contributed by atoms with Crippen molar-refractivity contribution < 1.29 is 9.47 Å². The smallest absolute Gasteiger partial charge is 0.142 e. The lowest BCUT2D eigenvalue weighted by atomic mass is 10.0. The van der Waals surface area contributed by atoms with Gasteiger partial charge in [0, 0.05) is 36.8 Å². The van der Waals surface area contributed by atoms with Crippen LogP contribution in [0.15, 0.2) is 12.1 Å². The summed E-state index contributed by atoms with van der Waals surface area (Å²) < 4.78 is 10.6. The van der Waals surface area contributed by atoms with Crippen molar-refractivity contribution in [2.75, 3.05) is 26.9 Å². The standard InChI is InChI=1S/C13H17Cl2NO2/c1-17-5-2-4-16-12-3-6-18-13-10(12)7-9(14)8-11(13)15/h7-8,12,16H,2-6H2,1H3. The lowest BCUT2D eigenvalue weighted by Crippen LogP contribution is -2.28. The highest BCUT2D eigenvalue weighted by Gasteiger charge is 2.23. The number of hydrogen-bond acceptors (Lipinski definition) is 3. The molecular weight excluding hydrogens is 273 g/mol. The van der Waals surface area contributed by atoms with Crippen molar-refractivity contribution >= 4 is 23.2 Å². The molecule has 3 nitrogen and oxygen atoms in total. The Kier molecular flexibility index (Phi) is 5.13. The average molecular weight is 290 g/mol. The molecule has 0 aromatic heterocycles. The van der Waals surface area contributed by atoms with Crippen molar-refractivity contribution in [3.8, 4) is 5.75 Å². The van der Waals surface area contributed by atoms with Crippen LogP contribution in [0.1, 0.15) is 24.4 Å². The average Bonchev–Trinajstić information content (AvgIpc) is 2.35. The summed E-state index contributed by atoms with van der Waals surface area (Å²) in [5, 5.41) is 4.72. The second-order valence-corrected chi connectivity index (χ2v) is 5.14. The minimum absolute atomic E-state index is 0.252. The van der Waals surface area contributed by atoms with Gasteiger partial charge in [-0.3, -0.25) is 0 Å². The van der Waals surface area contributed by atoms with Crippen LogP contribution in [0.2, 0.25) is 10.0 Å². The molecule has 1 aromatic carbocycles. The molecule has 0 amide bonds. The molecule has 0 radical (unpaired) electrons. The van der Waals surface area contributed by atoms with Crippen molar-refractivity contribution in [2.24, 2.45) is 0 Å². The van der Waals surface area contributed by atoms with Gasteiger partial charge in [-0.2, -0.15) is 0 Å². The largest absolute Gasteiger partial charge is 0.492 e. The van der Waals surface area contributed by atoms with Crippen LogP contribution in [0, 0.1) is 0 Å². The van der Waals surface area contributed by atoms with E-state index in [4.69, 9.17) is 32.7 Å². The van der Waals surface area contributed by atoms with Gasteiger partial charge in [0.15, 0.2) is 0 Å². The number of ether oxygens (including phenoxy) is 2. The third kappa shape index (κ3) is 3.29. The first-order chi connectivity index (χ1) is 8.72. The fraction of sp³-hybridized carbons (Fsp3) is 0.538. The molecule has 0 fully saturated rings. The lowest BCUT2D eigenvalue weighted by Gasteiger charge is -2.27. The predicted molar refractivity (Wildman–Crippen MR) is 73.8 cm³/mol. The van der Waals surface area contributed by atoms with Gasteiger partial charge < -0.3 is 14.8 Å². The Morgan fingerprint density at radius 2 is 2.28 bits per heavy atom. The van der Waals surface area contributed by atoms with Gasteiger partial charge in [-0.25, -0.2) is 0 Å². The molecule has 0 saturated carbocycles. The van der Waals surface area contributed by atoms with Gasteiger partial charge in [-0.1, -0.05) is 23.2 Å². The first kappa shape index (κ1) is 13.9. The minimum Gasteiger partial charge on any atom is -0.492 e. The minimum atomic E-state index is 0.252. The highest BCUT2D eigenvalue weighted by atomic mass is 35.5. The van der Waals surface area contributed by atoms with E-state index in [1.807, 2.05) is 6.07 Å². The van der Waals surface area contributed by atoms with E-state index in [0.29, 0.717) is 16.7 Å². The molecule has 2 rings (SSSR count). The van der Waals surface area contributed by atoms with E-state index in [0.717, 1.165) is 37.3 Å². The molecular formula is C13H17Cl2NO2. The van der Waals surface area contributed by atoms with E-state index in [2.05, 4.69) is 5.32 Å². The van der Waals surface area contributed by atoms with Crippen LogP contribution in [-0.2, 0) is 4.74 Å². The summed E-state index contributed by atoms with van der Waals surface area (Å²) >= 11 is 12.2. The zero-order valence-corrected chi connectivity index (χ0v) is 11.9. The van der Waals surface area contributed by atoms with Crippen molar-refractivity contribution in [1.82, 2.24) is 5.32 Å². The van der Waals surface area contributed by atoms with E-state index < -0.39 is 0 Å². The van der Waals surface area contributed by atoms with Gasteiger partial charge in [0.1, 0.15) is 5.75 Å². The molecule has 18 heavy (non-hydrogen) atoms. The topological polar surface area (TPSA) is 30.5 Å². The van der Waals surface area contributed by atoms with E-state index in [1.54, 1.807) is 13.2 Å². The maximum atomic E-state index is 6.14. The number of rotatable bonds is 5. The van der Waals surface area contributed by atoms with Crippen molar-refractivity contribution in [3.63, 3.8) is 0 Å². The van der Waals surface area contributed by atoms with Crippen LogP contribution in [0.4, 0.5) is 0 Å². The number of benzene rings is 1. The maximum Gasteiger partial charge on any atom is 0.142 e. The van der Waals surface area contributed by atoms with Crippen molar-refractivity contribution in [3.05, 3.63) is 27.7 Å². The number of methoxy groups -OCH3 is 1. The molecule has 1 atom stereocenters. The number of nitrogens with one attached hydrogen (secondary N) is 1. The molecule has 1 heterocycles. The van der Waals surface area contributed by atoms with E-state index >= 15 is 0 Å². The zero-order chi connectivity index (χ0) is 13.0. The Labute approximate surface area is 117 Å². The normalized spacial score (nSPS) is 18.3. The number of hydrogen-bond donors (Lipinski definition) is 1. The Hall–Kier alpha value is -0.480. The van der Waals surface area contributed by atoms with Crippen molar-refractivity contribution in [1.29, 1.82) is 0 Å². The molecule has 1 N–H and O–H groups in total. The molecule has 1 aromatic rings. The Balaban J connectivity index is 2.07. The SMILES string of the molecule is COCCCNC1CCOc2c(Cl)cc(Cl)cc21. The van der Waals surface area contributed by atoms with Gasteiger partial charge in [-0.05, 0) is 25.1 Å². The third-order valence-corrected chi connectivity index (χ3v) is 3.48. The predicted octanol–water partition coefficient (Wildman–Crippen LogP) is 3.44. The zero-order valence-electron chi connectivity index (χ0n) is 10.3. The number of fused-ring (bicyclic) bond motifs is 1. The molecule has 5 heteroatoms. The monoisotopic (exact) mass is 289 g/mol. The van der Waals surface area contributed by atoms with Crippen LogP contribution in [0.25, 0.3) is 0 Å². The molecule has 1 unspecified atom stereocenters. The fourth-order valence-corrected chi connectivity index (χ4v) is 2.69. The summed E-state index contributed by atoms with van der Waals surface area (Å²) in [5.41, 5.74) is 1.05. The molecule has 0 bridgehead atoms. The molecule has 100 valence electrons. The van der Waals surface area contributed by atoms with Gasteiger partial charge >= 0.3 is 0 Å². The molecule has 1 aliphatic rings. The molecule has 0 spiro atoms. The lowest BCUT2D eigenvalue weighted by molar-refractivity contribution is 0.190. The fourth-order valence-electron chi connectivity index (χ4n) is 2.13. The van der Waals surface area contributed by atoms with Crippen molar-refractivity contribution in [2.45, 2.75) is 18.9 Å². The summed E-state index contributed by atoms with van der Waals surface area (Å²) in [6.45, 7) is 2.34. The Bertz CT molecular complexity index is 412. The van der Waals surface area contributed by atoms with Crippen LogP contribution in [-0.4, -0.2) is 26.9 Å². The summed E-state index contributed by atoms with van der Waals surface area (Å²) in [4.78, 5) is 0. The van der Waals surface area contributed by atoms with Crippen LogP contribution in [0.5, 0.6) is 5.75 Å². The van der Waals surface area contributed by atoms with Gasteiger partial charge in [0.25, 0.3) is 0 Å². The van der Waals surface area contributed by atoms with Gasteiger partial charge in [0.05, 0.1) is 11.6 Å². The third-order valence-electron chi connectivity index (χ3n) is 2.98.